The summed E-state index contributed by atoms with van der Waals surface area (Å²) < 4.78 is 5.08. The SMILES string of the molecule is O=C(O)c1cc2cc(C(O)C(O)CCl)ccc2o1. The van der Waals surface area contributed by atoms with Gasteiger partial charge in [-0.05, 0) is 23.8 Å². The normalized spacial score (nSPS) is 14.6. The van der Waals surface area contributed by atoms with Crippen LogP contribution in [0.1, 0.15) is 22.2 Å². The van der Waals surface area contributed by atoms with Crippen molar-refractivity contribution in [1.29, 1.82) is 0 Å². The van der Waals surface area contributed by atoms with Gasteiger partial charge >= 0.3 is 5.97 Å². The summed E-state index contributed by atoms with van der Waals surface area (Å²) in [6.45, 7) is 0. The van der Waals surface area contributed by atoms with Crippen molar-refractivity contribution >= 4 is 28.5 Å². The quantitative estimate of drug-likeness (QED) is 0.737. The van der Waals surface area contributed by atoms with Crippen LogP contribution in [-0.4, -0.2) is 33.3 Å². The van der Waals surface area contributed by atoms with Gasteiger partial charge in [0, 0.05) is 5.39 Å². The van der Waals surface area contributed by atoms with Crippen LogP contribution < -0.4 is 0 Å². The van der Waals surface area contributed by atoms with E-state index in [1.54, 1.807) is 18.2 Å². The van der Waals surface area contributed by atoms with E-state index in [9.17, 15) is 15.0 Å². The Morgan fingerprint density at radius 3 is 2.67 bits per heavy atom. The number of aromatic carboxylic acids is 1. The van der Waals surface area contributed by atoms with E-state index in [4.69, 9.17) is 21.1 Å². The molecule has 0 aliphatic heterocycles. The molecule has 1 aromatic carbocycles. The molecule has 0 fully saturated rings. The van der Waals surface area contributed by atoms with E-state index >= 15 is 0 Å². The van der Waals surface area contributed by atoms with Gasteiger partial charge in [-0.25, -0.2) is 4.79 Å². The van der Waals surface area contributed by atoms with E-state index in [1.807, 2.05) is 0 Å². The molecule has 6 heteroatoms. The number of benzene rings is 1. The summed E-state index contributed by atoms with van der Waals surface area (Å²) >= 11 is 5.45. The van der Waals surface area contributed by atoms with E-state index in [-0.39, 0.29) is 11.6 Å². The van der Waals surface area contributed by atoms with Crippen LogP contribution in [0.5, 0.6) is 0 Å². The molecular weight excluding hydrogens is 260 g/mol. The summed E-state index contributed by atoms with van der Waals surface area (Å²) in [7, 11) is 0. The van der Waals surface area contributed by atoms with Gasteiger partial charge in [-0.2, -0.15) is 0 Å². The van der Waals surface area contributed by atoms with Crippen LogP contribution in [0, 0.1) is 0 Å². The summed E-state index contributed by atoms with van der Waals surface area (Å²) in [6.07, 6.45) is -2.19. The molecule has 1 heterocycles. The van der Waals surface area contributed by atoms with Crippen molar-refractivity contribution in [1.82, 2.24) is 0 Å². The van der Waals surface area contributed by atoms with Crippen LogP contribution in [0.2, 0.25) is 0 Å². The number of furan rings is 1. The number of rotatable bonds is 4. The number of aliphatic hydroxyl groups excluding tert-OH is 2. The molecule has 5 nitrogen and oxygen atoms in total. The lowest BCUT2D eigenvalue weighted by Crippen LogP contribution is -2.19. The van der Waals surface area contributed by atoms with Crippen LogP contribution >= 0.6 is 11.6 Å². The molecule has 2 unspecified atom stereocenters. The van der Waals surface area contributed by atoms with Crippen LogP contribution in [0.3, 0.4) is 0 Å². The third-order valence-corrected chi connectivity index (χ3v) is 2.93. The molecular formula is C12H11ClO5. The second kappa shape index (κ2) is 4.97. The van der Waals surface area contributed by atoms with Crippen LogP contribution in [-0.2, 0) is 0 Å². The monoisotopic (exact) mass is 270 g/mol. The van der Waals surface area contributed by atoms with Crippen molar-refractivity contribution in [3.05, 3.63) is 35.6 Å². The lowest BCUT2D eigenvalue weighted by molar-refractivity contribution is 0.0328. The summed E-state index contributed by atoms with van der Waals surface area (Å²) in [5.41, 5.74) is 0.858. The highest BCUT2D eigenvalue weighted by atomic mass is 35.5. The minimum atomic E-state index is -1.16. The molecule has 0 aliphatic rings. The van der Waals surface area contributed by atoms with Gasteiger partial charge in [-0.15, -0.1) is 11.6 Å². The van der Waals surface area contributed by atoms with Gasteiger partial charge in [0.2, 0.25) is 5.76 Å². The van der Waals surface area contributed by atoms with Crippen LogP contribution in [0.4, 0.5) is 0 Å². The van der Waals surface area contributed by atoms with Crippen molar-refractivity contribution < 1.29 is 24.5 Å². The molecule has 0 radical (unpaired) electrons. The zero-order chi connectivity index (χ0) is 13.3. The van der Waals surface area contributed by atoms with Crippen LogP contribution in [0.15, 0.2) is 28.7 Å². The van der Waals surface area contributed by atoms with E-state index in [2.05, 4.69) is 0 Å². The molecule has 2 rings (SSSR count). The van der Waals surface area contributed by atoms with Crippen LogP contribution in [0.25, 0.3) is 11.0 Å². The summed E-state index contributed by atoms with van der Waals surface area (Å²) in [6, 6.07) is 6.02. The number of hydrogen-bond acceptors (Lipinski definition) is 4. The van der Waals surface area contributed by atoms with Gasteiger partial charge < -0.3 is 19.7 Å². The van der Waals surface area contributed by atoms with Gasteiger partial charge in [-0.1, -0.05) is 6.07 Å². The maximum Gasteiger partial charge on any atom is 0.371 e. The molecule has 0 spiro atoms. The minimum absolute atomic E-state index is 0.0923. The third-order valence-electron chi connectivity index (χ3n) is 2.62. The van der Waals surface area contributed by atoms with Crippen molar-refractivity contribution in [2.75, 3.05) is 5.88 Å². The molecule has 0 amide bonds. The van der Waals surface area contributed by atoms with Crippen molar-refractivity contribution in [3.8, 4) is 0 Å². The topological polar surface area (TPSA) is 90.9 Å². The predicted molar refractivity (Wildman–Crippen MR) is 64.9 cm³/mol. The summed E-state index contributed by atoms with van der Waals surface area (Å²) in [5, 5.41) is 28.6. The fourth-order valence-corrected chi connectivity index (χ4v) is 1.83. The Labute approximate surface area is 107 Å². The van der Waals surface area contributed by atoms with Crippen molar-refractivity contribution in [3.63, 3.8) is 0 Å². The Morgan fingerprint density at radius 2 is 2.06 bits per heavy atom. The smallest absolute Gasteiger partial charge is 0.371 e. The van der Waals surface area contributed by atoms with Crippen molar-refractivity contribution in [2.45, 2.75) is 12.2 Å². The number of halogens is 1. The van der Waals surface area contributed by atoms with E-state index in [0.717, 1.165) is 0 Å². The van der Waals surface area contributed by atoms with Gasteiger partial charge in [-0.3, -0.25) is 0 Å². The number of aliphatic hydroxyl groups is 2. The zero-order valence-electron chi connectivity index (χ0n) is 9.21. The lowest BCUT2D eigenvalue weighted by Gasteiger charge is -2.15. The Bertz CT molecular complexity index is 577. The van der Waals surface area contributed by atoms with Crippen molar-refractivity contribution in [2.24, 2.45) is 0 Å². The van der Waals surface area contributed by atoms with Gasteiger partial charge in [0.05, 0.1) is 12.0 Å². The first-order chi connectivity index (χ1) is 8.52. The predicted octanol–water partition coefficient (Wildman–Crippen LogP) is 1.76. The summed E-state index contributed by atoms with van der Waals surface area (Å²) in [5.74, 6) is -1.42. The molecule has 0 aliphatic carbocycles. The standard InChI is InChI=1S/C12H11ClO5/c13-5-8(14)11(15)6-1-2-9-7(3-6)4-10(18-9)12(16)17/h1-4,8,11,14-15H,5H2,(H,16,17). The molecule has 0 saturated heterocycles. The van der Waals surface area contributed by atoms with Gasteiger partial charge in [0.15, 0.2) is 0 Å². The maximum absolute atomic E-state index is 10.7. The summed E-state index contributed by atoms with van der Waals surface area (Å²) in [4.78, 5) is 10.7. The first-order valence-electron chi connectivity index (χ1n) is 5.22. The number of carboxylic acid groups (broad SMARTS) is 1. The first-order valence-corrected chi connectivity index (χ1v) is 5.75. The minimum Gasteiger partial charge on any atom is -0.475 e. The van der Waals surface area contributed by atoms with E-state index in [1.165, 1.54) is 6.07 Å². The Balaban J connectivity index is 2.40. The molecule has 2 aromatic rings. The number of carboxylic acids is 1. The molecule has 0 saturated carbocycles. The Kier molecular flexibility index (Phi) is 3.56. The highest BCUT2D eigenvalue weighted by Crippen LogP contribution is 2.25. The Morgan fingerprint density at radius 1 is 1.33 bits per heavy atom. The number of fused-ring (bicyclic) bond motifs is 1. The van der Waals surface area contributed by atoms with E-state index < -0.39 is 18.2 Å². The number of alkyl halides is 1. The Hall–Kier alpha value is -1.56. The number of carbonyl (C=O) groups is 1. The molecule has 1 aromatic heterocycles. The third kappa shape index (κ3) is 2.33. The van der Waals surface area contributed by atoms with E-state index in [0.29, 0.717) is 16.5 Å². The molecule has 96 valence electrons. The molecule has 3 N–H and O–H groups in total. The molecule has 2 atom stereocenters. The zero-order valence-corrected chi connectivity index (χ0v) is 9.96. The fourth-order valence-electron chi connectivity index (χ4n) is 1.66. The maximum atomic E-state index is 10.7. The molecule has 0 bridgehead atoms. The molecule has 18 heavy (non-hydrogen) atoms. The second-order valence-electron chi connectivity index (χ2n) is 3.88. The largest absolute Gasteiger partial charge is 0.475 e. The first kappa shape index (κ1) is 12.9. The number of hydrogen-bond donors (Lipinski definition) is 3. The highest BCUT2D eigenvalue weighted by Gasteiger charge is 2.18. The van der Waals surface area contributed by atoms with Gasteiger partial charge in [0.1, 0.15) is 11.7 Å². The average molecular weight is 271 g/mol. The lowest BCUT2D eigenvalue weighted by atomic mass is 10.0. The highest BCUT2D eigenvalue weighted by molar-refractivity contribution is 6.18. The fraction of sp³-hybridized carbons (Fsp3) is 0.250. The average Bonchev–Trinajstić information content (AvgIpc) is 2.79. The second-order valence-corrected chi connectivity index (χ2v) is 4.19. The van der Waals surface area contributed by atoms with Gasteiger partial charge in [0.25, 0.3) is 0 Å².